The van der Waals surface area contributed by atoms with Crippen molar-refractivity contribution in [3.63, 3.8) is 0 Å². The van der Waals surface area contributed by atoms with Crippen LogP contribution in [0.5, 0.6) is 0 Å². The van der Waals surface area contributed by atoms with Crippen LogP contribution in [-0.4, -0.2) is 14.9 Å². The number of rotatable bonds is 4. The second-order valence-corrected chi connectivity index (χ2v) is 5.33. The van der Waals surface area contributed by atoms with E-state index in [1.54, 1.807) is 20.8 Å². The van der Waals surface area contributed by atoms with Crippen LogP contribution in [0.15, 0.2) is 35.3 Å². The first-order valence-corrected chi connectivity index (χ1v) is 6.05. The van der Waals surface area contributed by atoms with Gasteiger partial charge >= 0.3 is 0 Å². The first kappa shape index (κ1) is 14.1. The summed E-state index contributed by atoms with van der Waals surface area (Å²) in [6.45, 7) is 8.34. The normalized spacial score (nSPS) is 18.5. The van der Waals surface area contributed by atoms with Crippen molar-refractivity contribution in [2.24, 2.45) is 5.14 Å². The molecule has 0 fully saturated rings. The summed E-state index contributed by atoms with van der Waals surface area (Å²) in [6.07, 6.45) is 4.38. The molecule has 0 aromatic heterocycles. The van der Waals surface area contributed by atoms with Gasteiger partial charge in [0, 0.05) is 0 Å². The lowest BCUT2D eigenvalue weighted by Crippen LogP contribution is -2.22. The molecular formula is C10H18N2O2S. The van der Waals surface area contributed by atoms with Gasteiger partial charge in [-0.2, -0.15) is 0 Å². The Balaban J connectivity index is 5.46. The van der Waals surface area contributed by atoms with Crippen LogP contribution in [0.2, 0.25) is 0 Å². The van der Waals surface area contributed by atoms with Gasteiger partial charge in [0.1, 0.15) is 9.92 Å². The lowest BCUT2D eigenvalue weighted by atomic mass is 9.98. The maximum atomic E-state index is 11.3. The van der Waals surface area contributed by atoms with Gasteiger partial charge in [0.15, 0.2) is 0 Å². The Labute approximate surface area is 91.3 Å². The minimum atomic E-state index is -3.25. The molecule has 0 rings (SSSR count). The monoisotopic (exact) mass is 230 g/mol. The maximum Gasteiger partial charge on any atom is 0.131 e. The highest BCUT2D eigenvalue weighted by Crippen LogP contribution is 2.19. The quantitative estimate of drug-likeness (QED) is 0.642. The van der Waals surface area contributed by atoms with Crippen LogP contribution in [-0.2, 0) is 9.92 Å². The molecule has 0 aliphatic rings. The van der Waals surface area contributed by atoms with Crippen LogP contribution in [0.1, 0.15) is 20.8 Å². The predicted octanol–water partition coefficient (Wildman–Crippen LogP) is 1.69. The van der Waals surface area contributed by atoms with Crippen molar-refractivity contribution in [3.8, 4) is 0 Å². The molecule has 0 aliphatic heterocycles. The minimum absolute atomic E-state index is 0.180. The summed E-state index contributed by atoms with van der Waals surface area (Å²) in [5.74, 6) is 0. The number of nitrogens with one attached hydrogen (secondary N) is 1. The largest absolute Gasteiger partial charge is 0.386 e. The zero-order valence-corrected chi connectivity index (χ0v) is 10.1. The van der Waals surface area contributed by atoms with E-state index in [4.69, 9.17) is 9.92 Å². The summed E-state index contributed by atoms with van der Waals surface area (Å²) in [4.78, 5) is 0.180. The summed E-state index contributed by atoms with van der Waals surface area (Å²) in [6, 6.07) is 0. The van der Waals surface area contributed by atoms with Crippen molar-refractivity contribution in [1.29, 1.82) is 4.78 Å². The number of aliphatic hydroxyl groups is 1. The maximum absolute atomic E-state index is 11.3. The molecule has 1 unspecified atom stereocenters. The molecule has 1 atom stereocenters. The third-order valence-electron chi connectivity index (χ3n) is 1.86. The van der Waals surface area contributed by atoms with E-state index in [0.29, 0.717) is 5.57 Å². The van der Waals surface area contributed by atoms with Gasteiger partial charge in [-0.25, -0.2) is 14.1 Å². The highest BCUT2D eigenvalue weighted by Gasteiger charge is 2.18. The molecule has 0 radical (unpaired) electrons. The minimum Gasteiger partial charge on any atom is -0.386 e. The van der Waals surface area contributed by atoms with Crippen molar-refractivity contribution in [1.82, 2.24) is 0 Å². The standard InChI is InChI=1S/C10H18N2O2S/c1-5-8(10(3,4)13)7-9(6-2)15(11,12)14/h5-7,13H,1H2,2-4H3,(H3,11,12,14)/b8-7+,9-6+. The molecule has 0 heterocycles. The first-order valence-electron chi connectivity index (χ1n) is 4.42. The van der Waals surface area contributed by atoms with Crippen LogP contribution in [0, 0.1) is 4.78 Å². The van der Waals surface area contributed by atoms with Gasteiger partial charge in [-0.05, 0) is 32.4 Å². The van der Waals surface area contributed by atoms with E-state index in [-0.39, 0.29) is 4.91 Å². The lowest BCUT2D eigenvalue weighted by Gasteiger charge is -2.19. The van der Waals surface area contributed by atoms with Gasteiger partial charge in [-0.15, -0.1) is 0 Å². The molecule has 5 heteroatoms. The Morgan fingerprint density at radius 3 is 2.27 bits per heavy atom. The van der Waals surface area contributed by atoms with Crippen LogP contribution >= 0.6 is 0 Å². The third-order valence-corrected chi connectivity index (χ3v) is 2.91. The molecule has 4 N–H and O–H groups in total. The van der Waals surface area contributed by atoms with E-state index in [2.05, 4.69) is 6.58 Å². The van der Waals surface area contributed by atoms with Gasteiger partial charge in [0.05, 0.1) is 10.5 Å². The van der Waals surface area contributed by atoms with Gasteiger partial charge in [0.2, 0.25) is 0 Å². The first-order chi connectivity index (χ1) is 6.62. The highest BCUT2D eigenvalue weighted by molar-refractivity contribution is 7.94. The summed E-state index contributed by atoms with van der Waals surface area (Å²) in [5, 5.41) is 14.9. The fourth-order valence-electron chi connectivity index (χ4n) is 0.985. The van der Waals surface area contributed by atoms with E-state index < -0.39 is 15.5 Å². The SMILES string of the molecule is C=C/C(=C\C(=C/C)S(=N)(N)=O)C(C)(C)O. The Morgan fingerprint density at radius 2 is 2.07 bits per heavy atom. The predicted molar refractivity (Wildman–Crippen MR) is 63.4 cm³/mol. The Bertz CT molecular complexity index is 398. The summed E-state index contributed by atoms with van der Waals surface area (Å²) >= 11 is 0. The van der Waals surface area contributed by atoms with Crippen LogP contribution in [0.3, 0.4) is 0 Å². The van der Waals surface area contributed by atoms with Crippen LogP contribution < -0.4 is 5.14 Å². The Hall–Kier alpha value is -0.910. The second kappa shape index (κ2) is 4.74. The molecule has 0 aromatic rings. The van der Waals surface area contributed by atoms with Crippen molar-refractivity contribution in [3.05, 3.63) is 35.3 Å². The summed E-state index contributed by atoms with van der Waals surface area (Å²) in [7, 11) is -3.25. The van der Waals surface area contributed by atoms with Crippen molar-refractivity contribution >= 4 is 9.92 Å². The van der Waals surface area contributed by atoms with E-state index in [1.807, 2.05) is 0 Å². The summed E-state index contributed by atoms with van der Waals surface area (Å²) < 4.78 is 18.6. The molecule has 0 spiro atoms. The molecule has 0 aliphatic carbocycles. The number of nitrogens with two attached hydrogens (primary N) is 1. The van der Waals surface area contributed by atoms with Crippen LogP contribution in [0.25, 0.3) is 0 Å². The van der Waals surface area contributed by atoms with Gasteiger partial charge in [-0.3, -0.25) is 0 Å². The Kier molecular flexibility index (Phi) is 4.45. The average Bonchev–Trinajstić information content (AvgIpc) is 2.01. The second-order valence-electron chi connectivity index (χ2n) is 3.65. The van der Waals surface area contributed by atoms with Gasteiger partial charge < -0.3 is 5.11 Å². The zero-order valence-electron chi connectivity index (χ0n) is 9.28. The highest BCUT2D eigenvalue weighted by atomic mass is 32.2. The number of allylic oxidation sites excluding steroid dienone is 2. The zero-order chi connectivity index (χ0) is 12.3. The molecule has 0 aromatic carbocycles. The van der Waals surface area contributed by atoms with Crippen molar-refractivity contribution in [2.45, 2.75) is 26.4 Å². The molecular weight excluding hydrogens is 212 g/mol. The van der Waals surface area contributed by atoms with Crippen LogP contribution in [0.4, 0.5) is 0 Å². The van der Waals surface area contributed by atoms with Gasteiger partial charge in [0.25, 0.3) is 0 Å². The van der Waals surface area contributed by atoms with E-state index >= 15 is 0 Å². The molecule has 15 heavy (non-hydrogen) atoms. The number of hydrogen-bond donors (Lipinski definition) is 3. The van der Waals surface area contributed by atoms with E-state index in [1.165, 1.54) is 18.2 Å². The van der Waals surface area contributed by atoms with E-state index in [0.717, 1.165) is 0 Å². The smallest absolute Gasteiger partial charge is 0.131 e. The molecule has 0 saturated heterocycles. The number of hydrogen-bond acceptors (Lipinski definition) is 3. The Morgan fingerprint density at radius 1 is 1.60 bits per heavy atom. The van der Waals surface area contributed by atoms with Crippen molar-refractivity contribution in [2.75, 3.05) is 0 Å². The van der Waals surface area contributed by atoms with Crippen molar-refractivity contribution < 1.29 is 9.32 Å². The topological polar surface area (TPSA) is 87.2 Å². The molecule has 4 nitrogen and oxygen atoms in total. The third kappa shape index (κ3) is 4.42. The molecule has 0 amide bonds. The van der Waals surface area contributed by atoms with E-state index in [9.17, 15) is 9.32 Å². The average molecular weight is 230 g/mol. The van der Waals surface area contributed by atoms with Gasteiger partial charge in [-0.1, -0.05) is 18.7 Å². The fraction of sp³-hybridized carbons (Fsp3) is 0.400. The molecule has 0 bridgehead atoms. The summed E-state index contributed by atoms with van der Waals surface area (Å²) in [5.41, 5.74) is -0.623. The molecule has 86 valence electrons. The fourth-order valence-corrected chi connectivity index (χ4v) is 1.64. The lowest BCUT2D eigenvalue weighted by molar-refractivity contribution is 0.124. The molecule has 0 saturated carbocycles.